The van der Waals surface area contributed by atoms with Gasteiger partial charge in [-0.15, -0.1) is 5.10 Å². The van der Waals surface area contributed by atoms with Gasteiger partial charge in [-0.25, -0.2) is 17.5 Å². The van der Waals surface area contributed by atoms with Crippen LogP contribution in [-0.2, 0) is 10.0 Å². The number of hydrogen-bond acceptors (Lipinski definition) is 4. The molecular formula is C13H15FN4O2S. The largest absolute Gasteiger partial charge is 0.248 e. The summed E-state index contributed by atoms with van der Waals surface area (Å²) in [7, 11) is -3.60. The maximum absolute atomic E-state index is 13.1. The van der Waals surface area contributed by atoms with Crippen molar-refractivity contribution in [3.8, 4) is 0 Å². The molecule has 21 heavy (non-hydrogen) atoms. The molecule has 0 radical (unpaired) electrons. The lowest BCUT2D eigenvalue weighted by Crippen LogP contribution is -2.30. The molecule has 0 unspecified atom stereocenters. The van der Waals surface area contributed by atoms with Crippen molar-refractivity contribution in [2.45, 2.75) is 24.3 Å². The number of aryl methyl sites for hydroxylation is 1. The Morgan fingerprint density at radius 2 is 2.19 bits per heavy atom. The third-order valence-corrected chi connectivity index (χ3v) is 5.72. The Morgan fingerprint density at radius 1 is 1.38 bits per heavy atom. The molecular weight excluding hydrogens is 295 g/mol. The molecule has 0 saturated carbocycles. The maximum atomic E-state index is 13.1. The van der Waals surface area contributed by atoms with Gasteiger partial charge in [0, 0.05) is 19.3 Å². The maximum Gasteiger partial charge on any atom is 0.243 e. The second-order valence-corrected chi connectivity index (χ2v) is 7.00. The van der Waals surface area contributed by atoms with E-state index in [4.69, 9.17) is 0 Å². The van der Waals surface area contributed by atoms with Crippen LogP contribution in [-0.4, -0.2) is 40.8 Å². The van der Waals surface area contributed by atoms with Crippen molar-refractivity contribution < 1.29 is 12.8 Å². The van der Waals surface area contributed by atoms with Crippen LogP contribution in [0.3, 0.4) is 0 Å². The molecule has 8 heteroatoms. The monoisotopic (exact) mass is 310 g/mol. The fourth-order valence-corrected chi connectivity index (χ4v) is 4.30. The topological polar surface area (TPSA) is 68.1 Å². The zero-order chi connectivity index (χ0) is 15.0. The summed E-state index contributed by atoms with van der Waals surface area (Å²) in [5.74, 6) is -0.437. The summed E-state index contributed by atoms with van der Waals surface area (Å²) < 4.78 is 41.5. The predicted octanol–water partition coefficient (Wildman–Crippen LogP) is 1.36. The number of rotatable bonds is 3. The Kier molecular flexibility index (Phi) is 3.50. The van der Waals surface area contributed by atoms with Crippen molar-refractivity contribution in [2.75, 3.05) is 13.1 Å². The van der Waals surface area contributed by atoms with Gasteiger partial charge in [-0.05, 0) is 37.1 Å². The second-order valence-electron chi connectivity index (χ2n) is 5.10. The average molecular weight is 310 g/mol. The lowest BCUT2D eigenvalue weighted by atomic mass is 10.2. The molecule has 1 fully saturated rings. The van der Waals surface area contributed by atoms with Gasteiger partial charge in [-0.2, -0.15) is 4.31 Å². The summed E-state index contributed by atoms with van der Waals surface area (Å²) in [6.45, 7) is 2.37. The molecule has 112 valence electrons. The number of benzene rings is 1. The van der Waals surface area contributed by atoms with Gasteiger partial charge in [0.15, 0.2) is 0 Å². The Morgan fingerprint density at radius 3 is 2.86 bits per heavy atom. The van der Waals surface area contributed by atoms with Crippen LogP contribution in [0.4, 0.5) is 4.39 Å². The summed E-state index contributed by atoms with van der Waals surface area (Å²) >= 11 is 0. The summed E-state index contributed by atoms with van der Waals surface area (Å²) in [5.41, 5.74) is 0.416. The van der Waals surface area contributed by atoms with Crippen LogP contribution < -0.4 is 0 Å². The summed E-state index contributed by atoms with van der Waals surface area (Å²) in [6.07, 6.45) is 3.98. The van der Waals surface area contributed by atoms with Crippen LogP contribution in [0.2, 0.25) is 0 Å². The Balaban J connectivity index is 1.86. The van der Waals surface area contributed by atoms with Crippen molar-refractivity contribution in [3.63, 3.8) is 0 Å². The van der Waals surface area contributed by atoms with E-state index in [0.717, 1.165) is 0 Å². The summed E-state index contributed by atoms with van der Waals surface area (Å²) in [4.78, 5) is 0.156. The van der Waals surface area contributed by atoms with E-state index in [2.05, 4.69) is 10.3 Å². The van der Waals surface area contributed by atoms with Gasteiger partial charge >= 0.3 is 0 Å². The molecule has 6 nitrogen and oxygen atoms in total. The molecule has 1 saturated heterocycles. The molecule has 0 amide bonds. The van der Waals surface area contributed by atoms with Gasteiger partial charge in [0.1, 0.15) is 5.82 Å². The van der Waals surface area contributed by atoms with Gasteiger partial charge in [0.25, 0.3) is 0 Å². The number of sulfonamides is 1. The Labute approximate surface area is 122 Å². The van der Waals surface area contributed by atoms with E-state index in [1.165, 1.54) is 22.5 Å². The van der Waals surface area contributed by atoms with E-state index >= 15 is 0 Å². The molecule has 1 atom stereocenters. The molecule has 0 aliphatic carbocycles. The van der Waals surface area contributed by atoms with Gasteiger partial charge in [0.2, 0.25) is 10.0 Å². The number of hydrogen-bond donors (Lipinski definition) is 0. The van der Waals surface area contributed by atoms with Crippen molar-refractivity contribution in [1.29, 1.82) is 0 Å². The normalized spacial score (nSPS) is 20.0. The zero-order valence-corrected chi connectivity index (χ0v) is 12.3. The zero-order valence-electron chi connectivity index (χ0n) is 11.5. The highest BCUT2D eigenvalue weighted by Gasteiger charge is 2.34. The highest BCUT2D eigenvalue weighted by atomic mass is 32.2. The van der Waals surface area contributed by atoms with Crippen LogP contribution in [0.15, 0.2) is 35.5 Å². The molecule has 1 aliphatic heterocycles. The minimum atomic E-state index is -3.60. The van der Waals surface area contributed by atoms with E-state index in [-0.39, 0.29) is 10.9 Å². The minimum Gasteiger partial charge on any atom is -0.248 e. The SMILES string of the molecule is Cc1cc(F)ccc1S(=O)(=O)N1CC[C@H](n2ccnn2)C1. The van der Waals surface area contributed by atoms with Crippen LogP contribution >= 0.6 is 0 Å². The molecule has 0 bridgehead atoms. The molecule has 1 aromatic heterocycles. The lowest BCUT2D eigenvalue weighted by Gasteiger charge is -2.18. The standard InChI is InChI=1S/C13H15FN4O2S/c1-10-8-11(14)2-3-13(10)21(19,20)17-6-4-12(9-17)18-7-5-15-16-18/h2-3,5,7-8,12H,4,6,9H2,1H3/t12-/m0/s1. The third-order valence-electron chi connectivity index (χ3n) is 3.70. The second kappa shape index (κ2) is 5.19. The number of aromatic nitrogens is 3. The van der Waals surface area contributed by atoms with Crippen molar-refractivity contribution in [2.24, 2.45) is 0 Å². The minimum absolute atomic E-state index is 0.0111. The van der Waals surface area contributed by atoms with Gasteiger partial charge in [-0.3, -0.25) is 0 Å². The van der Waals surface area contributed by atoms with Gasteiger partial charge < -0.3 is 0 Å². The molecule has 3 rings (SSSR count). The van der Waals surface area contributed by atoms with Crippen molar-refractivity contribution >= 4 is 10.0 Å². The van der Waals surface area contributed by atoms with Crippen LogP contribution in [0.1, 0.15) is 18.0 Å². The summed E-state index contributed by atoms with van der Waals surface area (Å²) in [5, 5.41) is 7.65. The number of nitrogens with zero attached hydrogens (tertiary/aromatic N) is 4. The molecule has 0 spiro atoms. The van der Waals surface area contributed by atoms with Gasteiger partial charge in [0.05, 0.1) is 17.1 Å². The molecule has 1 aromatic carbocycles. The fourth-order valence-electron chi connectivity index (χ4n) is 2.60. The smallest absolute Gasteiger partial charge is 0.243 e. The predicted molar refractivity (Wildman–Crippen MR) is 73.6 cm³/mol. The van der Waals surface area contributed by atoms with E-state index in [1.54, 1.807) is 24.0 Å². The highest BCUT2D eigenvalue weighted by Crippen LogP contribution is 2.28. The van der Waals surface area contributed by atoms with Crippen LogP contribution in [0.5, 0.6) is 0 Å². The Hall–Kier alpha value is -1.80. The first-order valence-corrected chi connectivity index (χ1v) is 8.04. The Bertz CT molecular complexity index is 746. The molecule has 2 heterocycles. The van der Waals surface area contributed by atoms with E-state index in [1.807, 2.05) is 0 Å². The average Bonchev–Trinajstić information content (AvgIpc) is 3.09. The third kappa shape index (κ3) is 2.56. The fraction of sp³-hybridized carbons (Fsp3) is 0.385. The van der Waals surface area contributed by atoms with Crippen molar-refractivity contribution in [3.05, 3.63) is 42.0 Å². The first-order chi connectivity index (χ1) is 9.98. The van der Waals surface area contributed by atoms with Crippen LogP contribution in [0.25, 0.3) is 0 Å². The molecule has 0 N–H and O–H groups in total. The quantitative estimate of drug-likeness (QED) is 0.858. The summed E-state index contributed by atoms with van der Waals surface area (Å²) in [6, 6.07) is 3.72. The van der Waals surface area contributed by atoms with Gasteiger partial charge in [-0.1, -0.05) is 5.21 Å². The molecule has 1 aliphatic rings. The first-order valence-electron chi connectivity index (χ1n) is 6.60. The highest BCUT2D eigenvalue weighted by molar-refractivity contribution is 7.89. The van der Waals surface area contributed by atoms with Crippen LogP contribution in [0, 0.1) is 12.7 Å². The molecule has 2 aromatic rings. The number of halogens is 1. The van der Waals surface area contributed by atoms with E-state index in [0.29, 0.717) is 25.1 Å². The van der Waals surface area contributed by atoms with E-state index < -0.39 is 15.8 Å². The van der Waals surface area contributed by atoms with E-state index in [9.17, 15) is 12.8 Å². The first kappa shape index (κ1) is 14.2. The van der Waals surface area contributed by atoms with Crippen molar-refractivity contribution in [1.82, 2.24) is 19.3 Å². The lowest BCUT2D eigenvalue weighted by molar-refractivity contribution is 0.428.